The Morgan fingerprint density at radius 2 is 2.10 bits per heavy atom. The predicted molar refractivity (Wildman–Crippen MR) is 76.4 cm³/mol. The molecule has 2 aromatic heterocycles. The van der Waals surface area contributed by atoms with Crippen molar-refractivity contribution in [2.75, 3.05) is 7.11 Å². The lowest BCUT2D eigenvalue weighted by Crippen LogP contribution is -1.98. The Morgan fingerprint density at radius 3 is 2.90 bits per heavy atom. The van der Waals surface area contributed by atoms with Gasteiger partial charge in [0.05, 0.1) is 11.8 Å². The molecule has 0 aliphatic heterocycles. The summed E-state index contributed by atoms with van der Waals surface area (Å²) in [5.41, 5.74) is 4.95. The maximum Gasteiger partial charge on any atom is 0.185 e. The van der Waals surface area contributed by atoms with E-state index in [2.05, 4.69) is 33.5 Å². The molecule has 0 bridgehead atoms. The Morgan fingerprint density at radius 1 is 1.25 bits per heavy atom. The molecule has 0 fully saturated rings. The topological polar surface area (TPSA) is 52.3 Å². The van der Waals surface area contributed by atoms with Crippen LogP contribution in [0.25, 0.3) is 16.8 Å². The summed E-state index contributed by atoms with van der Waals surface area (Å²) >= 11 is 0. The second-order valence-electron chi connectivity index (χ2n) is 4.80. The van der Waals surface area contributed by atoms with Gasteiger partial charge in [0.25, 0.3) is 0 Å². The van der Waals surface area contributed by atoms with Crippen LogP contribution in [0.3, 0.4) is 0 Å². The molecule has 5 heteroatoms. The van der Waals surface area contributed by atoms with Crippen molar-refractivity contribution in [1.82, 2.24) is 19.8 Å². The number of ether oxygens (including phenoxy) is 1. The zero-order valence-electron chi connectivity index (χ0n) is 11.7. The van der Waals surface area contributed by atoms with Crippen molar-refractivity contribution in [3.63, 3.8) is 0 Å². The van der Waals surface area contributed by atoms with Gasteiger partial charge in [0.1, 0.15) is 6.33 Å². The van der Waals surface area contributed by atoms with Crippen molar-refractivity contribution < 1.29 is 4.74 Å². The summed E-state index contributed by atoms with van der Waals surface area (Å²) in [5, 5.41) is 12.4. The summed E-state index contributed by atoms with van der Waals surface area (Å²) in [6.45, 7) is 3.99. The minimum Gasteiger partial charge on any atom is -0.377 e. The van der Waals surface area contributed by atoms with Crippen molar-refractivity contribution in [3.8, 4) is 11.1 Å². The third-order valence-corrected chi connectivity index (χ3v) is 3.41. The lowest BCUT2D eigenvalue weighted by atomic mass is 10.0. The lowest BCUT2D eigenvalue weighted by Gasteiger charge is -2.12. The van der Waals surface area contributed by atoms with Gasteiger partial charge < -0.3 is 4.74 Å². The van der Waals surface area contributed by atoms with Crippen LogP contribution in [0.15, 0.2) is 36.7 Å². The van der Waals surface area contributed by atoms with Crippen molar-refractivity contribution in [1.29, 1.82) is 0 Å². The minimum atomic E-state index is 0.0618. The number of methoxy groups -OCH3 is 1. The molecule has 1 atom stereocenters. The molecule has 3 aromatic rings. The van der Waals surface area contributed by atoms with E-state index in [1.165, 1.54) is 0 Å². The van der Waals surface area contributed by atoms with Crippen molar-refractivity contribution >= 4 is 5.65 Å². The van der Waals surface area contributed by atoms with Crippen LogP contribution >= 0.6 is 0 Å². The Labute approximate surface area is 117 Å². The Balaban J connectivity index is 2.18. The van der Waals surface area contributed by atoms with Crippen molar-refractivity contribution in [3.05, 3.63) is 47.9 Å². The summed E-state index contributed by atoms with van der Waals surface area (Å²) in [6.07, 6.45) is 1.68. The van der Waals surface area contributed by atoms with Gasteiger partial charge >= 0.3 is 0 Å². The molecule has 5 nitrogen and oxygen atoms in total. The molecule has 3 rings (SSSR count). The molecule has 1 unspecified atom stereocenters. The van der Waals surface area contributed by atoms with Gasteiger partial charge in [0.15, 0.2) is 5.65 Å². The predicted octanol–water partition coefficient (Wildman–Crippen LogP) is 2.81. The summed E-state index contributed by atoms with van der Waals surface area (Å²) in [4.78, 5) is 0. The first-order valence-electron chi connectivity index (χ1n) is 6.50. The van der Waals surface area contributed by atoms with E-state index in [0.717, 1.165) is 28.0 Å². The molecule has 0 aliphatic rings. The number of aryl methyl sites for hydroxylation is 1. The first-order valence-corrected chi connectivity index (χ1v) is 6.50. The summed E-state index contributed by atoms with van der Waals surface area (Å²) in [6, 6.07) is 10.3. The maximum atomic E-state index is 5.38. The third kappa shape index (κ3) is 2.16. The van der Waals surface area contributed by atoms with Crippen LogP contribution in [0.2, 0.25) is 0 Å². The molecule has 102 valence electrons. The highest BCUT2D eigenvalue weighted by Gasteiger charge is 2.11. The number of benzene rings is 1. The first-order chi connectivity index (χ1) is 9.69. The molecule has 0 amide bonds. The van der Waals surface area contributed by atoms with Crippen LogP contribution < -0.4 is 0 Å². The Hall–Kier alpha value is -2.27. The first kappa shape index (κ1) is 12.7. The van der Waals surface area contributed by atoms with Gasteiger partial charge in [-0.15, -0.1) is 10.2 Å². The van der Waals surface area contributed by atoms with E-state index in [4.69, 9.17) is 4.74 Å². The normalized spacial score (nSPS) is 12.8. The summed E-state index contributed by atoms with van der Waals surface area (Å²) in [7, 11) is 1.71. The molecule has 20 heavy (non-hydrogen) atoms. The van der Waals surface area contributed by atoms with E-state index in [-0.39, 0.29) is 6.10 Å². The second-order valence-corrected chi connectivity index (χ2v) is 4.80. The van der Waals surface area contributed by atoms with Gasteiger partial charge in [-0.1, -0.05) is 18.2 Å². The van der Waals surface area contributed by atoms with Gasteiger partial charge in [-0.05, 0) is 37.1 Å². The largest absolute Gasteiger partial charge is 0.377 e. The second kappa shape index (κ2) is 5.02. The molecule has 0 saturated heterocycles. The van der Waals surface area contributed by atoms with Gasteiger partial charge in [-0.25, -0.2) is 0 Å². The van der Waals surface area contributed by atoms with Crippen LogP contribution in [0.1, 0.15) is 24.3 Å². The number of aromatic nitrogens is 4. The van der Waals surface area contributed by atoms with Crippen molar-refractivity contribution in [2.24, 2.45) is 0 Å². The van der Waals surface area contributed by atoms with E-state index in [0.29, 0.717) is 0 Å². The number of hydrogen-bond donors (Lipinski definition) is 0. The van der Waals surface area contributed by atoms with Crippen LogP contribution in [0.5, 0.6) is 0 Å². The van der Waals surface area contributed by atoms with E-state index >= 15 is 0 Å². The Bertz CT molecular complexity index is 750. The average molecular weight is 268 g/mol. The molecule has 0 N–H and O–H groups in total. The fraction of sp³-hybridized carbons (Fsp3) is 0.267. The average Bonchev–Trinajstić information content (AvgIpc) is 2.93. The zero-order valence-corrected chi connectivity index (χ0v) is 11.7. The standard InChI is InChI=1S/C15H16N4O/c1-10-7-14(15-17-16-9-19(15)18-10)13-6-4-5-12(8-13)11(2)20-3/h4-9,11H,1-3H3. The molecule has 1 aromatic carbocycles. The molecule has 2 heterocycles. The number of fused-ring (bicyclic) bond motifs is 1. The molecular formula is C15H16N4O. The molecule has 0 saturated carbocycles. The number of nitrogens with zero attached hydrogens (tertiary/aromatic N) is 4. The van der Waals surface area contributed by atoms with Gasteiger partial charge in [-0.2, -0.15) is 9.61 Å². The summed E-state index contributed by atoms with van der Waals surface area (Å²) < 4.78 is 7.08. The van der Waals surface area contributed by atoms with Crippen molar-refractivity contribution in [2.45, 2.75) is 20.0 Å². The highest BCUT2D eigenvalue weighted by Crippen LogP contribution is 2.27. The third-order valence-electron chi connectivity index (χ3n) is 3.41. The number of rotatable bonds is 3. The van der Waals surface area contributed by atoms with Crippen LogP contribution in [0, 0.1) is 6.92 Å². The highest BCUT2D eigenvalue weighted by atomic mass is 16.5. The van der Waals surface area contributed by atoms with Crippen LogP contribution in [-0.2, 0) is 4.74 Å². The summed E-state index contributed by atoms with van der Waals surface area (Å²) in [5.74, 6) is 0. The van der Waals surface area contributed by atoms with E-state index in [1.54, 1.807) is 18.0 Å². The monoisotopic (exact) mass is 268 g/mol. The highest BCUT2D eigenvalue weighted by molar-refractivity contribution is 5.77. The number of hydrogen-bond acceptors (Lipinski definition) is 4. The van der Waals surface area contributed by atoms with Crippen LogP contribution in [0.4, 0.5) is 0 Å². The zero-order chi connectivity index (χ0) is 14.1. The Kier molecular flexibility index (Phi) is 3.20. The SMILES string of the molecule is COC(C)c1cccc(-c2cc(C)nn3cnnc23)c1. The smallest absolute Gasteiger partial charge is 0.185 e. The fourth-order valence-corrected chi connectivity index (χ4v) is 2.26. The lowest BCUT2D eigenvalue weighted by molar-refractivity contribution is 0.119. The molecular weight excluding hydrogens is 252 g/mol. The molecule has 0 aliphatic carbocycles. The minimum absolute atomic E-state index is 0.0618. The van der Waals surface area contributed by atoms with Gasteiger partial charge in [0.2, 0.25) is 0 Å². The fourth-order valence-electron chi connectivity index (χ4n) is 2.26. The van der Waals surface area contributed by atoms with Gasteiger partial charge in [0, 0.05) is 12.7 Å². The van der Waals surface area contributed by atoms with E-state index < -0.39 is 0 Å². The van der Waals surface area contributed by atoms with E-state index in [1.807, 2.05) is 26.0 Å². The van der Waals surface area contributed by atoms with E-state index in [9.17, 15) is 0 Å². The maximum absolute atomic E-state index is 5.38. The molecule has 0 spiro atoms. The van der Waals surface area contributed by atoms with Crippen LogP contribution in [-0.4, -0.2) is 26.9 Å². The quantitative estimate of drug-likeness (QED) is 0.733. The van der Waals surface area contributed by atoms with Gasteiger partial charge in [-0.3, -0.25) is 0 Å². The molecule has 0 radical (unpaired) electrons.